The first-order chi connectivity index (χ1) is 68.2. The van der Waals surface area contributed by atoms with Crippen LogP contribution in [-0.4, -0.2) is 352 Å². The molecule has 2 aliphatic heterocycles. The molecule has 37 N–H and O–H groups in total. The van der Waals surface area contributed by atoms with Gasteiger partial charge in [-0.1, -0.05) is 55.4 Å². The standard InChI is InChI=1S/C89H157N27O27S2/c1-42(2)34-54(80(133)111-66(43(3)4)84(137)103-53(25-15-19-31-93)75(128)105-55(35-62(94)120)78(131)101-51(23-13-17-29-91)77(130)109-60(41-145)82(135)112-67(44(5)6)85(138)107-57(89(142)143)37-64(96)122)104-79(132)56(36-63(95)121)106-87(140)69(47(10)118)115-81(134)58(39-117)108-76(129)50(22-12-16-28-90)100-74(127)52(24-14-18-30-92)102-83(136)61-27-21-33-116(61)65(123)38-98-72(125)59(40-144)110-86(139)68(45(7)8)113-88(141)70(48(11)119)114-71(124)46(9)99-73(126)49-26-20-32-97-49/h42-61,66-70,97,117-119,144-145H,12-41,90-93H2,1-11H3,(H2,94,120)(H2,95,121)(H2,96,122)(H,98,125)(H,99,126)(H,100,127)(H,101,131)(H,102,136)(H,103,137)(H,104,132)(H,105,128)(H,106,140)(H,107,138)(H,108,129)(H,109,130)(H,110,139)(H,111,133)(H,112,135)(H,113,141)(H,114,124)(H,115,134)(H,142,143)/t46-,47+,48+,49-,50-,51-,52-,53-,54-,55-,56-,57-,58-,59-,60-,61-,66-,67-,68-,69-,70-/m0/s1. The number of carboxylic acid groups (broad SMARTS) is 1. The number of nitrogens with two attached hydrogens (primary N) is 7. The van der Waals surface area contributed by atoms with Gasteiger partial charge >= 0.3 is 5.97 Å². The molecule has 822 valence electrons. The summed E-state index contributed by atoms with van der Waals surface area (Å²) in [5.41, 5.74) is 39.5. The Kier molecular flexibility index (Phi) is 59.8. The van der Waals surface area contributed by atoms with Crippen LogP contribution in [0.1, 0.15) is 205 Å². The summed E-state index contributed by atoms with van der Waals surface area (Å²) in [6, 6.07) is -29.2. The van der Waals surface area contributed by atoms with Gasteiger partial charge in [-0.3, -0.25) is 105 Å². The van der Waals surface area contributed by atoms with Gasteiger partial charge in [0.15, 0.2) is 0 Å². The Bertz CT molecular complexity index is 4360. The predicted octanol–water partition coefficient (Wildman–Crippen LogP) is -12.0. The molecule has 0 spiro atoms. The summed E-state index contributed by atoms with van der Waals surface area (Å²) in [5, 5.41) is 88.6. The van der Waals surface area contributed by atoms with Gasteiger partial charge in [0.1, 0.15) is 109 Å². The second-order valence-electron chi connectivity index (χ2n) is 37.3. The quantitative estimate of drug-likeness (QED) is 0.0199. The van der Waals surface area contributed by atoms with E-state index in [1.807, 2.05) is 0 Å². The number of hydrogen-bond donors (Lipinski definition) is 32. The smallest absolute Gasteiger partial charge is 0.326 e. The Morgan fingerprint density at radius 1 is 0.345 bits per heavy atom. The van der Waals surface area contributed by atoms with Gasteiger partial charge in [0, 0.05) is 18.1 Å². The fourth-order valence-corrected chi connectivity index (χ4v) is 15.7. The monoisotopic (exact) mass is 2100 g/mol. The Morgan fingerprint density at radius 2 is 0.655 bits per heavy atom. The normalized spacial score (nSPS) is 17.3. The first kappa shape index (κ1) is 129. The number of thiol groups is 2. The zero-order valence-corrected chi connectivity index (χ0v) is 86.0. The van der Waals surface area contributed by atoms with Gasteiger partial charge in [-0.2, -0.15) is 25.3 Å². The average molecular weight is 2100 g/mol. The molecular weight excluding hydrogens is 1940 g/mol. The third kappa shape index (κ3) is 46.2. The highest BCUT2D eigenvalue weighted by molar-refractivity contribution is 7.80. The lowest BCUT2D eigenvalue weighted by Gasteiger charge is -2.30. The summed E-state index contributed by atoms with van der Waals surface area (Å²) in [6.07, 6.45) is -3.28. The summed E-state index contributed by atoms with van der Waals surface area (Å²) < 4.78 is 0. The van der Waals surface area contributed by atoms with E-state index in [2.05, 4.69) is 126 Å². The number of amides is 22. The van der Waals surface area contributed by atoms with Crippen LogP contribution in [0.4, 0.5) is 0 Å². The van der Waals surface area contributed by atoms with Crippen LogP contribution in [0.5, 0.6) is 0 Å². The van der Waals surface area contributed by atoms with E-state index < -0.39 is 325 Å². The molecule has 0 aliphatic carbocycles. The molecule has 0 saturated carbocycles. The Labute approximate surface area is 853 Å². The molecule has 0 unspecified atom stereocenters. The van der Waals surface area contributed by atoms with Crippen molar-refractivity contribution in [2.24, 2.45) is 63.8 Å². The van der Waals surface area contributed by atoms with Crippen molar-refractivity contribution in [2.75, 3.05) is 63.9 Å². The summed E-state index contributed by atoms with van der Waals surface area (Å²) in [4.78, 5) is 316. The van der Waals surface area contributed by atoms with Gasteiger partial charge in [0.05, 0.1) is 50.7 Å². The van der Waals surface area contributed by atoms with Crippen LogP contribution >= 0.6 is 25.3 Å². The number of aliphatic carboxylic acids is 1. The fraction of sp³-hybridized carbons (Fsp3) is 0.742. The van der Waals surface area contributed by atoms with Crippen molar-refractivity contribution < 1.29 is 131 Å². The topological polar surface area (TPSA) is 887 Å². The van der Waals surface area contributed by atoms with Crippen molar-refractivity contribution in [3.8, 4) is 0 Å². The van der Waals surface area contributed by atoms with Gasteiger partial charge in [-0.15, -0.1) is 0 Å². The minimum Gasteiger partial charge on any atom is -0.480 e. The Balaban J connectivity index is 2.38. The number of carboxylic acids is 1. The van der Waals surface area contributed by atoms with Gasteiger partial charge < -0.3 is 166 Å². The Hall–Kier alpha value is -11.8. The zero-order valence-electron chi connectivity index (χ0n) is 84.2. The zero-order chi connectivity index (χ0) is 110. The number of carbonyl (C=O) groups is 23. The lowest BCUT2D eigenvalue weighted by Crippen LogP contribution is -2.63. The number of hydrogen-bond acceptors (Lipinski definition) is 33. The minimum atomic E-state index is -2.09. The largest absolute Gasteiger partial charge is 0.480 e. The van der Waals surface area contributed by atoms with Gasteiger partial charge in [0.25, 0.3) is 0 Å². The molecule has 0 bridgehead atoms. The highest BCUT2D eigenvalue weighted by Crippen LogP contribution is 2.21. The molecule has 0 aromatic carbocycles. The maximum atomic E-state index is 14.6. The van der Waals surface area contributed by atoms with Gasteiger partial charge in [-0.05, 0) is 186 Å². The third-order valence-electron chi connectivity index (χ3n) is 23.5. The van der Waals surface area contributed by atoms with Crippen molar-refractivity contribution in [3.63, 3.8) is 0 Å². The van der Waals surface area contributed by atoms with E-state index in [4.69, 9.17) is 40.1 Å². The van der Waals surface area contributed by atoms with Crippen LogP contribution in [-0.2, 0) is 110 Å². The van der Waals surface area contributed by atoms with Crippen molar-refractivity contribution in [1.29, 1.82) is 0 Å². The van der Waals surface area contributed by atoms with Crippen LogP contribution in [0.25, 0.3) is 0 Å². The number of nitrogens with one attached hydrogen (secondary N) is 19. The molecule has 0 radical (unpaired) electrons. The van der Waals surface area contributed by atoms with Crippen molar-refractivity contribution >= 4 is 161 Å². The molecule has 145 heavy (non-hydrogen) atoms. The highest BCUT2D eigenvalue weighted by atomic mass is 32.1. The third-order valence-corrected chi connectivity index (χ3v) is 24.2. The fourth-order valence-electron chi connectivity index (χ4n) is 15.2. The predicted molar refractivity (Wildman–Crippen MR) is 530 cm³/mol. The molecule has 21 atom stereocenters. The molecule has 2 heterocycles. The number of nitrogens with zero attached hydrogens (tertiary/aromatic N) is 1. The van der Waals surface area contributed by atoms with Crippen LogP contribution in [0, 0.1) is 23.7 Å². The number of carbonyl (C=O) groups excluding carboxylic acids is 22. The average Bonchev–Trinajstić information content (AvgIpc) is 1.72. The van der Waals surface area contributed by atoms with Crippen LogP contribution in [0.15, 0.2) is 0 Å². The molecule has 56 heteroatoms. The van der Waals surface area contributed by atoms with Crippen molar-refractivity contribution in [1.82, 2.24) is 106 Å². The van der Waals surface area contributed by atoms with E-state index in [9.17, 15) is 131 Å². The summed E-state index contributed by atoms with van der Waals surface area (Å²) in [6.45, 7) is 15.2. The second kappa shape index (κ2) is 67.1. The number of primary amides is 3. The Morgan fingerprint density at radius 3 is 1.03 bits per heavy atom. The molecule has 0 aromatic heterocycles. The number of unbranched alkanes of at least 4 members (excludes halogenated alkanes) is 4. The number of rotatable bonds is 70. The molecule has 0 aromatic rings. The molecule has 2 rings (SSSR count). The molecule has 2 fully saturated rings. The van der Waals surface area contributed by atoms with E-state index in [0.29, 0.717) is 25.8 Å². The first-order valence-electron chi connectivity index (χ1n) is 48.7. The highest BCUT2D eigenvalue weighted by Gasteiger charge is 2.44. The van der Waals surface area contributed by atoms with E-state index in [1.165, 1.54) is 41.5 Å². The molecule has 2 saturated heterocycles. The van der Waals surface area contributed by atoms with Gasteiger partial charge in [-0.25, -0.2) is 4.79 Å². The summed E-state index contributed by atoms with van der Waals surface area (Å²) >= 11 is 8.43. The van der Waals surface area contributed by atoms with Crippen LogP contribution in [0.3, 0.4) is 0 Å². The maximum Gasteiger partial charge on any atom is 0.326 e. The summed E-state index contributed by atoms with van der Waals surface area (Å²) in [5.74, 6) is -27.4. The number of likely N-dealkylation sites (tertiary alicyclic amines) is 1. The number of aliphatic hydroxyl groups excluding tert-OH is 3. The van der Waals surface area contributed by atoms with Crippen molar-refractivity contribution in [3.05, 3.63) is 0 Å². The second-order valence-corrected chi connectivity index (χ2v) is 38.1. The van der Waals surface area contributed by atoms with E-state index in [0.717, 1.165) is 18.2 Å². The molecular formula is C89H157N27O27S2. The minimum absolute atomic E-state index is 0.00593. The van der Waals surface area contributed by atoms with Crippen LogP contribution in [0.2, 0.25) is 0 Å². The summed E-state index contributed by atoms with van der Waals surface area (Å²) in [7, 11) is 0. The van der Waals surface area contributed by atoms with Crippen LogP contribution < -0.4 is 141 Å². The van der Waals surface area contributed by atoms with E-state index in [-0.39, 0.29) is 122 Å². The van der Waals surface area contributed by atoms with Gasteiger partial charge in [0.2, 0.25) is 130 Å². The molecule has 2 aliphatic rings. The number of aliphatic hydroxyl groups is 3. The van der Waals surface area contributed by atoms with E-state index >= 15 is 0 Å². The molecule has 22 amide bonds. The van der Waals surface area contributed by atoms with E-state index in [1.54, 1.807) is 27.7 Å². The SMILES string of the molecule is CC(C)C[C@H](NC(=O)[C@H](CC(N)=O)NC(=O)[C@@H](NC(=O)[C@H](CO)NC(=O)[C@H](CCCCN)NC(=O)[C@H](CCCCN)NC(=O)[C@@H]1CCCN1C(=O)CNC(=O)[C@H](CS)NC(=O)[C@@H](NC(=O)[C@@H](NC(=O)[C@H](C)NC(=O)[C@@H]1CCCN1)[C@@H](C)O)C(C)C)[C@@H](C)O)C(=O)N[C@H](C(=O)N[C@@H](CCCCN)C(=O)N[C@@H](CC(N)=O)C(=O)N[C@@H](CCCCN)C(=O)N[C@@H](CS)C(=O)N[C@H](C(=O)N[C@@H](CC(N)=O)C(=O)O)C(C)C)C(C)C. The lowest BCUT2D eigenvalue weighted by molar-refractivity contribution is -0.144. The maximum absolute atomic E-state index is 14.6. The van der Waals surface area contributed by atoms with Crippen molar-refractivity contribution in [2.45, 2.75) is 332 Å². The first-order valence-corrected chi connectivity index (χ1v) is 50.0. The lowest BCUT2D eigenvalue weighted by atomic mass is 9.98. The molecule has 54 nitrogen and oxygen atoms in total.